The first-order valence-corrected chi connectivity index (χ1v) is 5.32. The van der Waals surface area contributed by atoms with Crippen LogP contribution in [-0.4, -0.2) is 13.7 Å². The van der Waals surface area contributed by atoms with Crippen molar-refractivity contribution in [2.75, 3.05) is 13.7 Å². The fourth-order valence-electron chi connectivity index (χ4n) is 1.38. The van der Waals surface area contributed by atoms with E-state index >= 15 is 0 Å². The van der Waals surface area contributed by atoms with Gasteiger partial charge in [-0.2, -0.15) is 0 Å². The Hall–Kier alpha value is -1.18. The third-order valence-corrected chi connectivity index (χ3v) is 2.21. The van der Waals surface area contributed by atoms with Gasteiger partial charge in [-0.25, -0.2) is 0 Å². The predicted molar refractivity (Wildman–Crippen MR) is 62.6 cm³/mol. The topological polar surface area (TPSA) is 18.5 Å². The Balaban J connectivity index is 2.93. The molecule has 83 valence electrons. The highest BCUT2D eigenvalue weighted by Crippen LogP contribution is 2.30. The normalized spacial score (nSPS) is 10.5. The molecule has 15 heavy (non-hydrogen) atoms. The van der Waals surface area contributed by atoms with Crippen molar-refractivity contribution < 1.29 is 9.47 Å². The molecule has 0 aliphatic heterocycles. The molecule has 0 amide bonds. The molecule has 1 aromatic rings. The third kappa shape index (κ3) is 3.15. The first-order chi connectivity index (χ1) is 7.19. The van der Waals surface area contributed by atoms with E-state index in [1.807, 2.05) is 25.1 Å². The van der Waals surface area contributed by atoms with E-state index in [2.05, 4.69) is 13.8 Å². The Kier molecular flexibility index (Phi) is 4.47. The van der Waals surface area contributed by atoms with Crippen LogP contribution in [0.15, 0.2) is 18.2 Å². The molecule has 0 bridgehead atoms. The molecule has 2 nitrogen and oxygen atoms in total. The molecule has 1 aromatic carbocycles. The number of hydrogen-bond donors (Lipinski definition) is 0. The fourth-order valence-corrected chi connectivity index (χ4v) is 1.38. The van der Waals surface area contributed by atoms with Crippen molar-refractivity contribution in [1.29, 1.82) is 0 Å². The summed E-state index contributed by atoms with van der Waals surface area (Å²) >= 11 is 0. The van der Waals surface area contributed by atoms with Gasteiger partial charge in [0.1, 0.15) is 11.5 Å². The molecule has 0 aliphatic carbocycles. The van der Waals surface area contributed by atoms with E-state index in [4.69, 9.17) is 9.47 Å². The lowest BCUT2D eigenvalue weighted by atomic mass is 10.0. The third-order valence-electron chi connectivity index (χ3n) is 2.21. The van der Waals surface area contributed by atoms with Gasteiger partial charge >= 0.3 is 0 Å². The number of hydrogen-bond acceptors (Lipinski definition) is 2. The van der Waals surface area contributed by atoms with Crippen LogP contribution in [0.4, 0.5) is 0 Å². The van der Waals surface area contributed by atoms with E-state index in [-0.39, 0.29) is 5.92 Å². The molecule has 1 rings (SSSR count). The van der Waals surface area contributed by atoms with Crippen LogP contribution < -0.4 is 9.47 Å². The molecule has 0 saturated carbocycles. The van der Waals surface area contributed by atoms with E-state index in [0.717, 1.165) is 30.1 Å². The van der Waals surface area contributed by atoms with Crippen LogP contribution in [0.5, 0.6) is 11.5 Å². The van der Waals surface area contributed by atoms with Crippen molar-refractivity contribution in [2.24, 2.45) is 0 Å². The van der Waals surface area contributed by atoms with Crippen molar-refractivity contribution in [3.8, 4) is 11.5 Å². The van der Waals surface area contributed by atoms with E-state index in [1.165, 1.54) is 0 Å². The Labute approximate surface area is 92.2 Å². The molecule has 0 N–H and O–H groups in total. The smallest absolute Gasteiger partial charge is 0.123 e. The zero-order valence-corrected chi connectivity index (χ0v) is 9.75. The van der Waals surface area contributed by atoms with Gasteiger partial charge < -0.3 is 9.47 Å². The molecular weight excluding hydrogens is 188 g/mol. The molecular formula is C13H19O2. The standard InChI is InChI=1S/C13H19O2/c1-5-8-15-13-7-6-11(14-4)9-12(13)10(2)3/h6-7,9-10H,2,5,8H2,1,3-4H3. The van der Waals surface area contributed by atoms with Crippen LogP contribution in [0.1, 0.15) is 31.7 Å². The van der Waals surface area contributed by atoms with Gasteiger partial charge in [-0.15, -0.1) is 0 Å². The minimum Gasteiger partial charge on any atom is -0.497 e. The molecule has 1 unspecified atom stereocenters. The molecule has 0 aliphatic rings. The predicted octanol–water partition coefficient (Wildman–Crippen LogP) is 3.42. The highest BCUT2D eigenvalue weighted by Gasteiger charge is 2.09. The first kappa shape index (κ1) is 11.9. The maximum atomic E-state index is 5.65. The quantitative estimate of drug-likeness (QED) is 0.736. The maximum absolute atomic E-state index is 5.65. The van der Waals surface area contributed by atoms with Gasteiger partial charge in [0.2, 0.25) is 0 Å². The highest BCUT2D eigenvalue weighted by atomic mass is 16.5. The SMILES string of the molecule is [CH2]C(C)c1cc(OC)ccc1OCCC. The summed E-state index contributed by atoms with van der Waals surface area (Å²) in [6.45, 7) is 8.90. The Morgan fingerprint density at radius 3 is 2.67 bits per heavy atom. The van der Waals surface area contributed by atoms with Crippen molar-refractivity contribution in [3.05, 3.63) is 30.7 Å². The van der Waals surface area contributed by atoms with Gasteiger partial charge in [0.25, 0.3) is 0 Å². The molecule has 1 atom stereocenters. The number of benzene rings is 1. The van der Waals surface area contributed by atoms with Crippen molar-refractivity contribution in [2.45, 2.75) is 26.2 Å². The molecule has 1 radical (unpaired) electrons. The fraction of sp³-hybridized carbons (Fsp3) is 0.462. The summed E-state index contributed by atoms with van der Waals surface area (Å²) in [5.41, 5.74) is 1.10. The number of rotatable bonds is 5. The van der Waals surface area contributed by atoms with E-state index in [1.54, 1.807) is 7.11 Å². The van der Waals surface area contributed by atoms with Crippen molar-refractivity contribution in [1.82, 2.24) is 0 Å². The van der Waals surface area contributed by atoms with E-state index in [0.29, 0.717) is 0 Å². The Morgan fingerprint density at radius 1 is 1.40 bits per heavy atom. The summed E-state index contributed by atoms with van der Waals surface area (Å²) in [4.78, 5) is 0. The summed E-state index contributed by atoms with van der Waals surface area (Å²) in [5, 5.41) is 0. The van der Waals surface area contributed by atoms with Crippen LogP contribution in [0.2, 0.25) is 0 Å². The second-order valence-electron chi connectivity index (χ2n) is 3.65. The largest absolute Gasteiger partial charge is 0.497 e. The van der Waals surface area contributed by atoms with Crippen LogP contribution in [0, 0.1) is 6.92 Å². The van der Waals surface area contributed by atoms with Crippen molar-refractivity contribution >= 4 is 0 Å². The summed E-state index contributed by atoms with van der Waals surface area (Å²) in [6.07, 6.45) is 1.01. The minimum absolute atomic E-state index is 0.201. The first-order valence-electron chi connectivity index (χ1n) is 5.32. The minimum atomic E-state index is 0.201. The van der Waals surface area contributed by atoms with Crippen LogP contribution >= 0.6 is 0 Å². The second-order valence-corrected chi connectivity index (χ2v) is 3.65. The zero-order chi connectivity index (χ0) is 11.3. The van der Waals surface area contributed by atoms with Crippen LogP contribution in [0.25, 0.3) is 0 Å². The summed E-state index contributed by atoms with van der Waals surface area (Å²) in [5.74, 6) is 1.97. The molecule has 0 aromatic heterocycles. The zero-order valence-electron chi connectivity index (χ0n) is 9.75. The van der Waals surface area contributed by atoms with Crippen molar-refractivity contribution in [3.63, 3.8) is 0 Å². The molecule has 0 heterocycles. The highest BCUT2D eigenvalue weighted by molar-refractivity contribution is 5.42. The van der Waals surface area contributed by atoms with E-state index < -0.39 is 0 Å². The lowest BCUT2D eigenvalue weighted by Gasteiger charge is -2.14. The van der Waals surface area contributed by atoms with E-state index in [9.17, 15) is 0 Å². The average molecular weight is 207 g/mol. The Morgan fingerprint density at radius 2 is 2.13 bits per heavy atom. The molecule has 2 heteroatoms. The van der Waals surface area contributed by atoms with Gasteiger partial charge in [-0.05, 0) is 37.5 Å². The summed E-state index contributed by atoms with van der Waals surface area (Å²) in [7, 11) is 1.67. The molecule has 0 spiro atoms. The lowest BCUT2D eigenvalue weighted by Crippen LogP contribution is -2.00. The van der Waals surface area contributed by atoms with Crippen LogP contribution in [-0.2, 0) is 0 Å². The van der Waals surface area contributed by atoms with Gasteiger partial charge in [0.15, 0.2) is 0 Å². The number of ether oxygens (including phenoxy) is 2. The van der Waals surface area contributed by atoms with Gasteiger partial charge in [-0.1, -0.05) is 13.8 Å². The average Bonchev–Trinajstić information content (AvgIpc) is 2.26. The summed E-state index contributed by atoms with van der Waals surface area (Å²) in [6, 6.07) is 5.85. The number of methoxy groups -OCH3 is 1. The molecule has 0 saturated heterocycles. The Bertz CT molecular complexity index is 305. The maximum Gasteiger partial charge on any atom is 0.123 e. The van der Waals surface area contributed by atoms with Gasteiger partial charge in [0, 0.05) is 5.56 Å². The lowest BCUT2D eigenvalue weighted by molar-refractivity contribution is 0.312. The summed E-state index contributed by atoms with van der Waals surface area (Å²) < 4.78 is 10.8. The molecule has 0 fully saturated rings. The monoisotopic (exact) mass is 207 g/mol. The van der Waals surface area contributed by atoms with Gasteiger partial charge in [-0.3, -0.25) is 0 Å². The second kappa shape index (κ2) is 5.64. The van der Waals surface area contributed by atoms with Crippen LogP contribution in [0.3, 0.4) is 0 Å². The van der Waals surface area contributed by atoms with Gasteiger partial charge in [0.05, 0.1) is 13.7 Å².